The van der Waals surface area contributed by atoms with Crippen molar-refractivity contribution in [2.45, 2.75) is 0 Å². The number of ether oxygens (including phenoxy) is 2. The maximum atomic E-state index is 5.35. The van der Waals surface area contributed by atoms with Gasteiger partial charge in [0.05, 0.1) is 13.3 Å². The molecule has 0 aliphatic heterocycles. The van der Waals surface area contributed by atoms with Crippen molar-refractivity contribution in [3.05, 3.63) is 35.1 Å². The summed E-state index contributed by atoms with van der Waals surface area (Å²) in [5, 5.41) is 0. The highest BCUT2D eigenvalue weighted by Crippen LogP contribution is 2.25. The third kappa shape index (κ3) is 2.50. The number of methoxy groups -OCH3 is 1. The molecule has 1 aromatic heterocycles. The second-order valence-corrected chi connectivity index (χ2v) is 3.49. The molecule has 0 fully saturated rings. The number of aromatic nitrogens is 1. The summed E-state index contributed by atoms with van der Waals surface area (Å²) in [6, 6.07) is 7.20. The lowest BCUT2D eigenvalue weighted by Crippen LogP contribution is -1.86. The molecular formula is C10H8BrNO3. The first-order valence-electron chi connectivity index (χ1n) is 4.21. The lowest BCUT2D eigenvalue weighted by Gasteiger charge is -2.02. The molecule has 0 saturated heterocycles. The number of halogens is 1. The number of oxazole rings is 1. The van der Waals surface area contributed by atoms with Gasteiger partial charge in [-0.15, -0.1) is 0 Å². The van der Waals surface area contributed by atoms with E-state index >= 15 is 0 Å². The molecule has 0 aliphatic carbocycles. The van der Waals surface area contributed by atoms with Crippen molar-refractivity contribution in [2.75, 3.05) is 7.11 Å². The van der Waals surface area contributed by atoms with Crippen LogP contribution < -0.4 is 9.47 Å². The Bertz CT molecular complexity index is 455. The van der Waals surface area contributed by atoms with E-state index in [1.807, 2.05) is 12.1 Å². The number of benzene rings is 1. The third-order valence-corrected chi connectivity index (χ3v) is 2.07. The average Bonchev–Trinajstić information content (AvgIpc) is 2.64. The van der Waals surface area contributed by atoms with Crippen molar-refractivity contribution < 1.29 is 13.9 Å². The molecule has 0 aliphatic rings. The first-order valence-corrected chi connectivity index (χ1v) is 5.00. The van der Waals surface area contributed by atoms with E-state index in [-0.39, 0.29) is 6.08 Å². The summed E-state index contributed by atoms with van der Waals surface area (Å²) in [4.78, 5) is 3.89. The number of hydrogen-bond acceptors (Lipinski definition) is 4. The molecule has 0 N–H and O–H groups in total. The van der Waals surface area contributed by atoms with E-state index in [9.17, 15) is 0 Å². The van der Waals surface area contributed by atoms with Crippen LogP contribution in [0.2, 0.25) is 0 Å². The molecule has 0 unspecified atom stereocenters. The highest BCUT2D eigenvalue weighted by atomic mass is 79.9. The van der Waals surface area contributed by atoms with Gasteiger partial charge >= 0.3 is 6.08 Å². The molecule has 78 valence electrons. The quantitative estimate of drug-likeness (QED) is 0.858. The molecule has 1 heterocycles. The van der Waals surface area contributed by atoms with Crippen LogP contribution >= 0.6 is 15.9 Å². The Labute approximate surface area is 95.0 Å². The molecule has 15 heavy (non-hydrogen) atoms. The lowest BCUT2D eigenvalue weighted by atomic mass is 10.3. The minimum atomic E-state index is 0.190. The zero-order chi connectivity index (χ0) is 10.7. The molecule has 0 bridgehead atoms. The summed E-state index contributed by atoms with van der Waals surface area (Å²) < 4.78 is 16.0. The standard InChI is InChI=1S/C10H8BrNO3/c1-13-7-3-2-4-8(5-7)14-10-12-6-9(11)15-10/h2-6H,1H3. The van der Waals surface area contributed by atoms with E-state index in [2.05, 4.69) is 20.9 Å². The topological polar surface area (TPSA) is 44.5 Å². The van der Waals surface area contributed by atoms with Gasteiger partial charge in [0.2, 0.25) is 0 Å². The van der Waals surface area contributed by atoms with Crippen LogP contribution in [0.15, 0.2) is 39.5 Å². The van der Waals surface area contributed by atoms with Crippen molar-refractivity contribution in [1.82, 2.24) is 4.98 Å². The van der Waals surface area contributed by atoms with Gasteiger partial charge in [-0.3, -0.25) is 0 Å². The van der Waals surface area contributed by atoms with Crippen molar-refractivity contribution in [3.8, 4) is 17.6 Å². The van der Waals surface area contributed by atoms with Crippen LogP contribution in [-0.2, 0) is 0 Å². The lowest BCUT2D eigenvalue weighted by molar-refractivity contribution is 0.321. The zero-order valence-corrected chi connectivity index (χ0v) is 9.52. The molecule has 0 radical (unpaired) electrons. The zero-order valence-electron chi connectivity index (χ0n) is 7.94. The van der Waals surface area contributed by atoms with Crippen LogP contribution in [0.25, 0.3) is 0 Å². The van der Waals surface area contributed by atoms with Gasteiger partial charge in [-0.1, -0.05) is 6.07 Å². The van der Waals surface area contributed by atoms with E-state index in [0.29, 0.717) is 10.4 Å². The maximum absolute atomic E-state index is 5.35. The van der Waals surface area contributed by atoms with Crippen LogP contribution in [0.1, 0.15) is 0 Å². The van der Waals surface area contributed by atoms with Crippen LogP contribution in [-0.4, -0.2) is 12.1 Å². The number of hydrogen-bond donors (Lipinski definition) is 0. The molecule has 0 saturated carbocycles. The van der Waals surface area contributed by atoms with Crippen molar-refractivity contribution in [3.63, 3.8) is 0 Å². The fourth-order valence-corrected chi connectivity index (χ4v) is 1.29. The highest BCUT2D eigenvalue weighted by molar-refractivity contribution is 9.10. The Balaban J connectivity index is 2.16. The summed E-state index contributed by atoms with van der Waals surface area (Å²) in [5.74, 6) is 1.34. The predicted octanol–water partition coefficient (Wildman–Crippen LogP) is 3.24. The second-order valence-electron chi connectivity index (χ2n) is 2.71. The van der Waals surface area contributed by atoms with E-state index in [1.54, 1.807) is 19.2 Å². The maximum Gasteiger partial charge on any atom is 0.400 e. The Morgan fingerprint density at radius 3 is 2.80 bits per heavy atom. The van der Waals surface area contributed by atoms with E-state index < -0.39 is 0 Å². The largest absolute Gasteiger partial charge is 0.497 e. The van der Waals surface area contributed by atoms with E-state index in [4.69, 9.17) is 13.9 Å². The molecule has 5 heteroatoms. The van der Waals surface area contributed by atoms with Crippen molar-refractivity contribution >= 4 is 15.9 Å². The minimum Gasteiger partial charge on any atom is -0.497 e. The van der Waals surface area contributed by atoms with Gasteiger partial charge in [-0.05, 0) is 28.1 Å². The van der Waals surface area contributed by atoms with Crippen LogP contribution in [0, 0.1) is 0 Å². The first kappa shape index (κ1) is 10.0. The fourth-order valence-electron chi connectivity index (χ4n) is 1.05. The van der Waals surface area contributed by atoms with E-state index in [0.717, 1.165) is 5.75 Å². The molecule has 4 nitrogen and oxygen atoms in total. The third-order valence-electron chi connectivity index (χ3n) is 1.70. The van der Waals surface area contributed by atoms with Gasteiger partial charge in [-0.25, -0.2) is 0 Å². The molecular weight excluding hydrogens is 262 g/mol. The Morgan fingerprint density at radius 1 is 1.33 bits per heavy atom. The van der Waals surface area contributed by atoms with Crippen molar-refractivity contribution in [2.24, 2.45) is 0 Å². The summed E-state index contributed by atoms with van der Waals surface area (Å²) >= 11 is 3.14. The van der Waals surface area contributed by atoms with Crippen LogP contribution in [0.4, 0.5) is 0 Å². The fraction of sp³-hybridized carbons (Fsp3) is 0.100. The van der Waals surface area contributed by atoms with Gasteiger partial charge in [0.25, 0.3) is 0 Å². The monoisotopic (exact) mass is 269 g/mol. The van der Waals surface area contributed by atoms with Gasteiger partial charge in [-0.2, -0.15) is 4.98 Å². The van der Waals surface area contributed by atoms with Crippen molar-refractivity contribution in [1.29, 1.82) is 0 Å². The molecule has 2 rings (SSSR count). The summed E-state index contributed by atoms with van der Waals surface area (Å²) in [7, 11) is 1.60. The first-order chi connectivity index (χ1) is 7.28. The van der Waals surface area contributed by atoms with E-state index in [1.165, 1.54) is 6.20 Å². The normalized spacial score (nSPS) is 10.0. The Kier molecular flexibility index (Phi) is 2.91. The summed E-state index contributed by atoms with van der Waals surface area (Å²) in [6.07, 6.45) is 1.71. The molecule has 0 amide bonds. The predicted molar refractivity (Wildman–Crippen MR) is 57.3 cm³/mol. The average molecular weight is 270 g/mol. The summed E-state index contributed by atoms with van der Waals surface area (Å²) in [6.45, 7) is 0. The van der Waals surface area contributed by atoms with Crippen LogP contribution in [0.3, 0.4) is 0 Å². The minimum absolute atomic E-state index is 0.190. The van der Waals surface area contributed by atoms with Crippen LogP contribution in [0.5, 0.6) is 17.6 Å². The van der Waals surface area contributed by atoms with Gasteiger partial charge in [0, 0.05) is 6.07 Å². The molecule has 2 aromatic rings. The SMILES string of the molecule is COc1cccc(Oc2ncc(Br)o2)c1. The Hall–Kier alpha value is -1.49. The Morgan fingerprint density at radius 2 is 2.13 bits per heavy atom. The van der Waals surface area contributed by atoms with Gasteiger partial charge in [0.1, 0.15) is 11.5 Å². The molecule has 0 atom stereocenters. The number of nitrogens with zero attached hydrogens (tertiary/aromatic N) is 1. The molecule has 1 aromatic carbocycles. The molecule has 0 spiro atoms. The van der Waals surface area contributed by atoms with Gasteiger partial charge < -0.3 is 13.9 Å². The van der Waals surface area contributed by atoms with Gasteiger partial charge in [0.15, 0.2) is 4.67 Å². The number of rotatable bonds is 3. The highest BCUT2D eigenvalue weighted by Gasteiger charge is 2.04. The summed E-state index contributed by atoms with van der Waals surface area (Å²) in [5.41, 5.74) is 0. The smallest absolute Gasteiger partial charge is 0.400 e. The second kappa shape index (κ2) is 4.35.